The van der Waals surface area contributed by atoms with Gasteiger partial charge in [0.25, 0.3) is 11.8 Å². The number of hydrogen-bond donors (Lipinski definition) is 0. The third kappa shape index (κ3) is 2.91. The topological polar surface area (TPSA) is 63.2 Å². The first kappa shape index (κ1) is 15.9. The fourth-order valence-corrected chi connectivity index (χ4v) is 2.97. The Morgan fingerprint density at radius 2 is 1.54 bits per heavy atom. The summed E-state index contributed by atoms with van der Waals surface area (Å²) in [5.74, 6) is -0.626. The fraction of sp³-hybridized carbons (Fsp3) is 0.0476. The van der Waals surface area contributed by atoms with Crippen molar-refractivity contribution in [2.45, 2.75) is 6.54 Å². The summed E-state index contributed by atoms with van der Waals surface area (Å²) < 4.78 is 0. The molecule has 1 aliphatic rings. The van der Waals surface area contributed by atoms with Crippen LogP contribution in [0.25, 0.3) is 11.6 Å². The highest BCUT2D eigenvalue weighted by molar-refractivity contribution is 6.33. The summed E-state index contributed by atoms with van der Waals surface area (Å²) in [6.45, 7) is 0.139. The molecule has 26 heavy (non-hydrogen) atoms. The molecule has 0 unspecified atom stereocenters. The molecule has 3 heterocycles. The maximum Gasteiger partial charge on any atom is 0.261 e. The SMILES string of the molecule is O=C1C(=Cc2ccncc2)c2ccccc2C(=O)N1Cc1ccccn1. The van der Waals surface area contributed by atoms with Gasteiger partial charge < -0.3 is 0 Å². The Morgan fingerprint density at radius 3 is 2.27 bits per heavy atom. The Kier molecular flexibility index (Phi) is 4.11. The van der Waals surface area contributed by atoms with Gasteiger partial charge in [0.05, 0.1) is 12.2 Å². The van der Waals surface area contributed by atoms with E-state index in [2.05, 4.69) is 9.97 Å². The molecule has 0 saturated heterocycles. The highest BCUT2D eigenvalue weighted by Gasteiger charge is 2.34. The molecule has 0 saturated carbocycles. The van der Waals surface area contributed by atoms with Crippen molar-refractivity contribution >= 4 is 23.5 Å². The molecule has 0 spiro atoms. The number of hydrogen-bond acceptors (Lipinski definition) is 4. The minimum atomic E-state index is -0.323. The second kappa shape index (κ2) is 6.72. The molecule has 126 valence electrons. The summed E-state index contributed by atoms with van der Waals surface area (Å²) >= 11 is 0. The van der Waals surface area contributed by atoms with Crippen LogP contribution in [0.2, 0.25) is 0 Å². The van der Waals surface area contributed by atoms with E-state index in [1.807, 2.05) is 24.3 Å². The van der Waals surface area contributed by atoms with Crippen LogP contribution >= 0.6 is 0 Å². The smallest absolute Gasteiger partial charge is 0.261 e. The Labute approximate surface area is 150 Å². The van der Waals surface area contributed by atoms with Gasteiger partial charge in [-0.05, 0) is 47.5 Å². The number of benzene rings is 1. The van der Waals surface area contributed by atoms with E-state index < -0.39 is 0 Å². The Bertz CT molecular complexity index is 998. The molecule has 2 aromatic heterocycles. The molecule has 0 bridgehead atoms. The van der Waals surface area contributed by atoms with Gasteiger partial charge in [-0.1, -0.05) is 24.3 Å². The van der Waals surface area contributed by atoms with Gasteiger partial charge in [-0.3, -0.25) is 24.5 Å². The van der Waals surface area contributed by atoms with Crippen LogP contribution in [-0.4, -0.2) is 26.7 Å². The molecule has 1 aliphatic heterocycles. The van der Waals surface area contributed by atoms with Crippen molar-refractivity contribution in [2.24, 2.45) is 0 Å². The second-order valence-electron chi connectivity index (χ2n) is 5.90. The number of carbonyl (C=O) groups excluding carboxylic acids is 2. The molecule has 0 radical (unpaired) electrons. The molecule has 0 aliphatic carbocycles. The highest BCUT2D eigenvalue weighted by atomic mass is 16.2. The summed E-state index contributed by atoms with van der Waals surface area (Å²) in [6, 6.07) is 16.3. The van der Waals surface area contributed by atoms with Crippen molar-refractivity contribution in [1.29, 1.82) is 0 Å². The van der Waals surface area contributed by atoms with Crippen molar-refractivity contribution in [1.82, 2.24) is 14.9 Å². The van der Waals surface area contributed by atoms with E-state index in [-0.39, 0.29) is 18.4 Å². The quantitative estimate of drug-likeness (QED) is 0.542. The largest absolute Gasteiger partial charge is 0.269 e. The van der Waals surface area contributed by atoms with Crippen molar-refractivity contribution in [2.75, 3.05) is 0 Å². The average molecular weight is 341 g/mol. The van der Waals surface area contributed by atoms with Crippen LogP contribution < -0.4 is 0 Å². The van der Waals surface area contributed by atoms with E-state index in [9.17, 15) is 9.59 Å². The number of aromatic nitrogens is 2. The minimum absolute atomic E-state index is 0.139. The zero-order valence-corrected chi connectivity index (χ0v) is 13.9. The van der Waals surface area contributed by atoms with E-state index in [0.29, 0.717) is 22.4 Å². The van der Waals surface area contributed by atoms with Gasteiger partial charge >= 0.3 is 0 Å². The first-order valence-corrected chi connectivity index (χ1v) is 8.21. The fourth-order valence-electron chi connectivity index (χ4n) is 2.97. The number of imide groups is 1. The van der Waals surface area contributed by atoms with E-state index in [0.717, 1.165) is 5.56 Å². The molecule has 5 heteroatoms. The zero-order valence-electron chi connectivity index (χ0n) is 13.9. The van der Waals surface area contributed by atoms with Crippen LogP contribution in [0.3, 0.4) is 0 Å². The van der Waals surface area contributed by atoms with Gasteiger partial charge in [0, 0.05) is 29.7 Å². The van der Waals surface area contributed by atoms with Crippen molar-refractivity contribution in [3.05, 3.63) is 95.6 Å². The Hall–Kier alpha value is -3.60. The molecular weight excluding hydrogens is 326 g/mol. The average Bonchev–Trinajstić information content (AvgIpc) is 2.70. The lowest BCUT2D eigenvalue weighted by Gasteiger charge is -2.28. The van der Waals surface area contributed by atoms with E-state index in [4.69, 9.17) is 0 Å². The van der Waals surface area contributed by atoms with E-state index in [1.165, 1.54) is 4.90 Å². The van der Waals surface area contributed by atoms with Crippen LogP contribution in [0, 0.1) is 0 Å². The highest BCUT2D eigenvalue weighted by Crippen LogP contribution is 2.31. The van der Waals surface area contributed by atoms with E-state index >= 15 is 0 Å². The summed E-state index contributed by atoms with van der Waals surface area (Å²) in [5.41, 5.74) is 3.17. The zero-order chi connectivity index (χ0) is 17.9. The molecular formula is C21H15N3O2. The van der Waals surface area contributed by atoms with Crippen molar-refractivity contribution < 1.29 is 9.59 Å². The number of carbonyl (C=O) groups is 2. The molecule has 4 rings (SSSR count). The van der Waals surface area contributed by atoms with Gasteiger partial charge in [-0.25, -0.2) is 0 Å². The normalized spacial score (nSPS) is 15.2. The van der Waals surface area contributed by atoms with Gasteiger partial charge in [-0.2, -0.15) is 0 Å². The Morgan fingerprint density at radius 1 is 0.808 bits per heavy atom. The Balaban J connectivity index is 1.81. The van der Waals surface area contributed by atoms with Gasteiger partial charge in [0.1, 0.15) is 0 Å². The monoisotopic (exact) mass is 341 g/mol. The third-order valence-corrected chi connectivity index (χ3v) is 4.23. The lowest BCUT2D eigenvalue weighted by Crippen LogP contribution is -2.41. The molecule has 0 fully saturated rings. The summed E-state index contributed by atoms with van der Waals surface area (Å²) in [6.07, 6.45) is 6.78. The lowest BCUT2D eigenvalue weighted by molar-refractivity contribution is -0.123. The number of fused-ring (bicyclic) bond motifs is 1. The molecule has 1 aromatic carbocycles. The molecule has 3 aromatic rings. The second-order valence-corrected chi connectivity index (χ2v) is 5.90. The number of nitrogens with zero attached hydrogens (tertiary/aromatic N) is 3. The van der Waals surface area contributed by atoms with Crippen molar-refractivity contribution in [3.63, 3.8) is 0 Å². The van der Waals surface area contributed by atoms with Crippen LogP contribution in [0.4, 0.5) is 0 Å². The number of pyridine rings is 2. The number of rotatable bonds is 3. The predicted molar refractivity (Wildman–Crippen MR) is 97.7 cm³/mol. The summed E-state index contributed by atoms with van der Waals surface area (Å²) in [7, 11) is 0. The predicted octanol–water partition coefficient (Wildman–Crippen LogP) is 3.20. The lowest BCUT2D eigenvalue weighted by atomic mass is 9.92. The van der Waals surface area contributed by atoms with Gasteiger partial charge in [-0.15, -0.1) is 0 Å². The summed E-state index contributed by atoms with van der Waals surface area (Å²) in [5, 5.41) is 0. The third-order valence-electron chi connectivity index (χ3n) is 4.23. The molecule has 0 N–H and O–H groups in total. The summed E-state index contributed by atoms with van der Waals surface area (Å²) in [4.78, 5) is 35.4. The number of amides is 2. The first-order valence-electron chi connectivity index (χ1n) is 8.21. The van der Waals surface area contributed by atoms with E-state index in [1.54, 1.807) is 55.0 Å². The maximum atomic E-state index is 13.1. The molecule has 0 atom stereocenters. The van der Waals surface area contributed by atoms with Gasteiger partial charge in [0.15, 0.2) is 0 Å². The first-order chi connectivity index (χ1) is 12.7. The minimum Gasteiger partial charge on any atom is -0.269 e. The standard InChI is InChI=1S/C21H15N3O2/c25-20-18-7-2-1-6-17(18)19(13-15-8-11-22-12-9-15)21(26)24(20)14-16-5-3-4-10-23-16/h1-13H,14H2. The molecule has 2 amide bonds. The van der Waals surface area contributed by atoms with Crippen LogP contribution in [0.5, 0.6) is 0 Å². The van der Waals surface area contributed by atoms with Gasteiger partial charge in [0.2, 0.25) is 0 Å². The van der Waals surface area contributed by atoms with Crippen LogP contribution in [0.1, 0.15) is 27.2 Å². The van der Waals surface area contributed by atoms with Crippen molar-refractivity contribution in [3.8, 4) is 0 Å². The van der Waals surface area contributed by atoms with Crippen LogP contribution in [-0.2, 0) is 11.3 Å². The van der Waals surface area contributed by atoms with Crippen LogP contribution in [0.15, 0.2) is 73.2 Å². The molecule has 5 nitrogen and oxygen atoms in total. The maximum absolute atomic E-state index is 13.1.